The highest BCUT2D eigenvalue weighted by molar-refractivity contribution is 5.75. The Balaban J connectivity index is 1.35. The summed E-state index contributed by atoms with van der Waals surface area (Å²) in [6, 6.07) is 14.6. The number of ether oxygens (including phenoxy) is 2. The van der Waals surface area contributed by atoms with E-state index in [1.165, 1.54) is 56.7 Å². The number of fused-ring (bicyclic) bond motifs is 1. The van der Waals surface area contributed by atoms with E-state index < -0.39 is 0 Å². The van der Waals surface area contributed by atoms with E-state index in [-0.39, 0.29) is 0 Å². The fourth-order valence-corrected chi connectivity index (χ4v) is 4.89. The Morgan fingerprint density at radius 1 is 0.941 bits per heavy atom. The van der Waals surface area contributed by atoms with Gasteiger partial charge in [0.2, 0.25) is 0 Å². The molecule has 0 spiro atoms. The minimum absolute atomic E-state index is 0.638. The molecular weight excluding hydrogens is 422 g/mol. The molecule has 0 aliphatic carbocycles. The average Bonchev–Trinajstić information content (AvgIpc) is 3.01. The molecule has 0 bridgehead atoms. The van der Waals surface area contributed by atoms with Crippen LogP contribution in [0, 0.1) is 0 Å². The number of imidazole rings is 1. The maximum Gasteiger partial charge on any atom is 0.161 e. The minimum atomic E-state index is 0.638. The van der Waals surface area contributed by atoms with Crippen LogP contribution in [0.25, 0.3) is 17.1 Å². The molecule has 182 valence electrons. The fraction of sp³-hybridized carbons (Fsp3) is 0.483. The SMILES string of the molecule is C/C=C/c1ccc(OCCCn2c(CCCN3CCCCCC3)nc3ccccc32)c(OC)c1. The molecule has 1 aliphatic rings. The second kappa shape index (κ2) is 12.6. The Hall–Kier alpha value is -2.79. The lowest BCUT2D eigenvalue weighted by atomic mass is 10.2. The Morgan fingerprint density at radius 3 is 2.56 bits per heavy atom. The molecule has 5 nitrogen and oxygen atoms in total. The van der Waals surface area contributed by atoms with Crippen molar-refractivity contribution < 1.29 is 9.47 Å². The van der Waals surface area contributed by atoms with Crippen molar-refractivity contribution >= 4 is 17.1 Å². The first-order valence-corrected chi connectivity index (χ1v) is 12.9. The summed E-state index contributed by atoms with van der Waals surface area (Å²) in [6.07, 6.45) is 12.7. The first-order valence-electron chi connectivity index (χ1n) is 12.9. The summed E-state index contributed by atoms with van der Waals surface area (Å²) in [7, 11) is 1.69. The molecule has 0 N–H and O–H groups in total. The molecule has 4 rings (SSSR count). The maximum absolute atomic E-state index is 6.09. The van der Waals surface area contributed by atoms with E-state index in [1.807, 2.05) is 25.1 Å². The summed E-state index contributed by atoms with van der Waals surface area (Å²) in [6.45, 7) is 7.24. The van der Waals surface area contributed by atoms with E-state index in [9.17, 15) is 0 Å². The van der Waals surface area contributed by atoms with Gasteiger partial charge in [-0.3, -0.25) is 0 Å². The average molecular weight is 462 g/mol. The molecule has 3 aromatic rings. The van der Waals surface area contributed by atoms with Gasteiger partial charge in [-0.05, 0) is 82.1 Å². The Morgan fingerprint density at radius 2 is 1.76 bits per heavy atom. The lowest BCUT2D eigenvalue weighted by molar-refractivity contribution is 0.278. The number of para-hydroxylation sites is 2. The number of nitrogens with zero attached hydrogens (tertiary/aromatic N) is 3. The summed E-state index contributed by atoms with van der Waals surface area (Å²) in [5.74, 6) is 2.77. The summed E-state index contributed by atoms with van der Waals surface area (Å²) in [4.78, 5) is 7.62. The third-order valence-electron chi connectivity index (χ3n) is 6.64. The molecule has 1 aromatic heterocycles. The van der Waals surface area contributed by atoms with Gasteiger partial charge in [0.05, 0.1) is 24.8 Å². The van der Waals surface area contributed by atoms with E-state index in [4.69, 9.17) is 14.5 Å². The van der Waals surface area contributed by atoms with Gasteiger partial charge in [0, 0.05) is 13.0 Å². The predicted octanol–water partition coefficient (Wildman–Crippen LogP) is 6.36. The quantitative estimate of drug-likeness (QED) is 0.312. The first kappa shape index (κ1) is 24.3. The molecule has 0 atom stereocenters. The molecule has 34 heavy (non-hydrogen) atoms. The van der Waals surface area contributed by atoms with Crippen LogP contribution in [0.4, 0.5) is 0 Å². The highest BCUT2D eigenvalue weighted by Crippen LogP contribution is 2.29. The zero-order valence-corrected chi connectivity index (χ0v) is 20.8. The maximum atomic E-state index is 6.09. The summed E-state index contributed by atoms with van der Waals surface area (Å²) < 4.78 is 14.0. The van der Waals surface area contributed by atoms with Gasteiger partial charge in [-0.1, -0.05) is 43.2 Å². The lowest BCUT2D eigenvalue weighted by Crippen LogP contribution is -2.26. The van der Waals surface area contributed by atoms with Crippen LogP contribution in [-0.2, 0) is 13.0 Å². The highest BCUT2D eigenvalue weighted by atomic mass is 16.5. The van der Waals surface area contributed by atoms with Crippen LogP contribution >= 0.6 is 0 Å². The van der Waals surface area contributed by atoms with Crippen LogP contribution in [0.3, 0.4) is 0 Å². The van der Waals surface area contributed by atoms with Crippen molar-refractivity contribution in [2.24, 2.45) is 0 Å². The zero-order chi connectivity index (χ0) is 23.6. The predicted molar refractivity (Wildman–Crippen MR) is 141 cm³/mol. The molecule has 0 unspecified atom stereocenters. The minimum Gasteiger partial charge on any atom is -0.493 e. The molecule has 1 aliphatic heterocycles. The van der Waals surface area contributed by atoms with E-state index in [0.29, 0.717) is 6.61 Å². The number of benzene rings is 2. The van der Waals surface area contributed by atoms with E-state index in [1.54, 1.807) is 7.11 Å². The third-order valence-corrected chi connectivity index (χ3v) is 6.64. The number of hydrogen-bond acceptors (Lipinski definition) is 4. The monoisotopic (exact) mass is 461 g/mol. The van der Waals surface area contributed by atoms with Crippen LogP contribution in [0.5, 0.6) is 11.5 Å². The Kier molecular flexibility index (Phi) is 9.03. The standard InChI is InChI=1S/C29H39N3O2/c1-3-12-24-16-17-27(28(23-24)33-2)34-22-11-21-32-26-14-7-6-13-25(26)30-29(32)15-10-20-31-18-8-4-5-9-19-31/h3,6-7,12-14,16-17,23H,4-5,8-11,15,18-22H2,1-2H3/b12-3+. The van der Waals surface area contributed by atoms with Crippen LogP contribution < -0.4 is 9.47 Å². The summed E-state index contributed by atoms with van der Waals surface area (Å²) >= 11 is 0. The van der Waals surface area contributed by atoms with Crippen LogP contribution in [0.15, 0.2) is 48.5 Å². The van der Waals surface area contributed by atoms with Crippen LogP contribution in [0.2, 0.25) is 0 Å². The van der Waals surface area contributed by atoms with Crippen LogP contribution in [-0.4, -0.2) is 47.8 Å². The fourth-order valence-electron chi connectivity index (χ4n) is 4.89. The lowest BCUT2D eigenvalue weighted by Gasteiger charge is -2.19. The number of likely N-dealkylation sites (tertiary alicyclic amines) is 1. The topological polar surface area (TPSA) is 39.5 Å². The van der Waals surface area contributed by atoms with Gasteiger partial charge < -0.3 is 18.9 Å². The van der Waals surface area contributed by atoms with Gasteiger partial charge in [0.1, 0.15) is 5.82 Å². The first-order chi connectivity index (χ1) is 16.8. The van der Waals surface area contributed by atoms with Crippen molar-refractivity contribution in [3.05, 3.63) is 59.9 Å². The van der Waals surface area contributed by atoms with E-state index in [2.05, 4.69) is 45.9 Å². The molecule has 2 aromatic carbocycles. The van der Waals surface area contributed by atoms with Gasteiger partial charge >= 0.3 is 0 Å². The van der Waals surface area contributed by atoms with E-state index in [0.717, 1.165) is 48.4 Å². The van der Waals surface area contributed by atoms with Gasteiger partial charge in [0.25, 0.3) is 0 Å². The number of aromatic nitrogens is 2. The molecule has 1 fully saturated rings. The summed E-state index contributed by atoms with van der Waals surface area (Å²) in [5, 5.41) is 0. The largest absolute Gasteiger partial charge is 0.493 e. The molecular formula is C29H39N3O2. The third kappa shape index (κ3) is 6.41. The number of hydrogen-bond donors (Lipinski definition) is 0. The van der Waals surface area contributed by atoms with E-state index >= 15 is 0 Å². The van der Waals surface area contributed by atoms with Crippen molar-refractivity contribution in [3.8, 4) is 11.5 Å². The molecule has 5 heteroatoms. The van der Waals surface area contributed by atoms with Gasteiger partial charge in [0.15, 0.2) is 11.5 Å². The normalized spacial score (nSPS) is 15.1. The number of allylic oxidation sites excluding steroid dienone is 1. The van der Waals surface area contributed by atoms with Crippen molar-refractivity contribution in [1.29, 1.82) is 0 Å². The van der Waals surface area contributed by atoms with Crippen molar-refractivity contribution in [2.75, 3.05) is 33.4 Å². The smallest absolute Gasteiger partial charge is 0.161 e. The molecule has 0 saturated carbocycles. The number of methoxy groups -OCH3 is 1. The number of aryl methyl sites for hydroxylation is 2. The second-order valence-electron chi connectivity index (χ2n) is 9.14. The zero-order valence-electron chi connectivity index (χ0n) is 20.8. The van der Waals surface area contributed by atoms with Crippen molar-refractivity contribution in [3.63, 3.8) is 0 Å². The Labute approximate surface area is 204 Å². The second-order valence-corrected chi connectivity index (χ2v) is 9.14. The highest BCUT2D eigenvalue weighted by Gasteiger charge is 2.13. The molecule has 2 heterocycles. The summed E-state index contributed by atoms with van der Waals surface area (Å²) in [5.41, 5.74) is 3.43. The Bertz CT molecular complexity index is 1060. The van der Waals surface area contributed by atoms with Crippen molar-refractivity contribution in [2.45, 2.75) is 58.4 Å². The van der Waals surface area contributed by atoms with Crippen molar-refractivity contribution in [1.82, 2.24) is 14.5 Å². The molecule has 1 saturated heterocycles. The molecule has 0 amide bonds. The van der Waals surface area contributed by atoms with Gasteiger partial charge in [-0.15, -0.1) is 0 Å². The number of rotatable bonds is 11. The molecule has 0 radical (unpaired) electrons. The van der Waals surface area contributed by atoms with Crippen LogP contribution in [0.1, 0.15) is 56.8 Å². The van der Waals surface area contributed by atoms with Gasteiger partial charge in [-0.2, -0.15) is 0 Å². The van der Waals surface area contributed by atoms with Gasteiger partial charge in [-0.25, -0.2) is 4.98 Å².